The molecule has 1 aliphatic heterocycles. The Hall–Kier alpha value is -1.82. The zero-order valence-corrected chi connectivity index (χ0v) is 14.4. The molecule has 1 heterocycles. The van der Waals surface area contributed by atoms with E-state index in [9.17, 15) is 9.59 Å². The molecule has 0 spiro atoms. The van der Waals surface area contributed by atoms with Crippen LogP contribution in [0.1, 0.15) is 32.4 Å². The molecule has 5 nitrogen and oxygen atoms in total. The lowest BCUT2D eigenvalue weighted by atomic mass is 9.95. The van der Waals surface area contributed by atoms with Gasteiger partial charge in [-0.25, -0.2) is 9.59 Å². The summed E-state index contributed by atoms with van der Waals surface area (Å²) in [5.41, 5.74) is 1.76. The minimum Gasteiger partial charge on any atom is -0.462 e. The van der Waals surface area contributed by atoms with E-state index in [1.807, 2.05) is 38.1 Å². The number of amides is 2. The van der Waals surface area contributed by atoms with Crippen LogP contribution in [0.15, 0.2) is 40.0 Å². The summed E-state index contributed by atoms with van der Waals surface area (Å²) in [4.78, 5) is 24.2. The number of halogens is 1. The first-order valence-electron chi connectivity index (χ1n) is 7.09. The molecule has 0 unspecified atom stereocenters. The predicted octanol–water partition coefficient (Wildman–Crippen LogP) is 3.28. The summed E-state index contributed by atoms with van der Waals surface area (Å²) in [5.74, 6) is -0.163. The van der Waals surface area contributed by atoms with Crippen LogP contribution in [-0.2, 0) is 9.53 Å². The van der Waals surface area contributed by atoms with Gasteiger partial charge in [0.1, 0.15) is 0 Å². The van der Waals surface area contributed by atoms with Crippen LogP contribution in [0, 0.1) is 5.92 Å². The molecule has 2 amide bonds. The minimum atomic E-state index is -0.522. The number of ether oxygens (including phenoxy) is 1. The van der Waals surface area contributed by atoms with Gasteiger partial charge in [0.25, 0.3) is 0 Å². The number of allylic oxidation sites excluding steroid dienone is 1. The Bertz CT molecular complexity index is 626. The van der Waals surface area contributed by atoms with Crippen LogP contribution in [-0.4, -0.2) is 18.6 Å². The number of carbonyl (C=O) groups excluding carboxylic acids is 2. The van der Waals surface area contributed by atoms with Crippen molar-refractivity contribution in [2.24, 2.45) is 5.92 Å². The number of hydrogen-bond donors (Lipinski definition) is 2. The molecule has 0 bridgehead atoms. The molecule has 0 saturated carbocycles. The van der Waals surface area contributed by atoms with Crippen LogP contribution in [0.4, 0.5) is 4.79 Å². The van der Waals surface area contributed by atoms with Crippen molar-refractivity contribution < 1.29 is 14.3 Å². The maximum Gasteiger partial charge on any atom is 0.338 e. The maximum atomic E-state index is 12.4. The van der Waals surface area contributed by atoms with Crippen molar-refractivity contribution >= 4 is 27.9 Å². The van der Waals surface area contributed by atoms with E-state index in [4.69, 9.17) is 4.74 Å². The third-order valence-electron chi connectivity index (χ3n) is 3.22. The molecule has 0 saturated heterocycles. The van der Waals surface area contributed by atoms with E-state index in [1.54, 1.807) is 6.92 Å². The summed E-state index contributed by atoms with van der Waals surface area (Å²) in [6, 6.07) is 6.64. The second-order valence-electron chi connectivity index (χ2n) is 5.62. The third-order valence-corrected chi connectivity index (χ3v) is 3.71. The lowest BCUT2D eigenvalue weighted by Gasteiger charge is -2.28. The molecule has 6 heteroatoms. The van der Waals surface area contributed by atoms with Gasteiger partial charge in [-0.1, -0.05) is 41.9 Å². The molecule has 1 atom stereocenters. The highest BCUT2D eigenvalue weighted by Crippen LogP contribution is 2.29. The van der Waals surface area contributed by atoms with Crippen LogP contribution >= 0.6 is 15.9 Å². The summed E-state index contributed by atoms with van der Waals surface area (Å²) in [6.45, 7) is 5.99. The van der Waals surface area contributed by atoms with Gasteiger partial charge in [0.2, 0.25) is 0 Å². The van der Waals surface area contributed by atoms with Crippen molar-refractivity contribution in [3.8, 4) is 0 Å². The van der Waals surface area contributed by atoms with E-state index in [-0.39, 0.29) is 11.9 Å². The Kier molecular flexibility index (Phi) is 5.24. The molecule has 1 aromatic carbocycles. The molecule has 2 N–H and O–H groups in total. The molecule has 118 valence electrons. The monoisotopic (exact) mass is 366 g/mol. The number of benzene rings is 1. The van der Waals surface area contributed by atoms with E-state index < -0.39 is 12.0 Å². The molecule has 0 fully saturated rings. The fraction of sp³-hybridized carbons (Fsp3) is 0.375. The van der Waals surface area contributed by atoms with Gasteiger partial charge >= 0.3 is 12.0 Å². The van der Waals surface area contributed by atoms with Crippen LogP contribution < -0.4 is 10.6 Å². The normalized spacial score (nSPS) is 18.0. The summed E-state index contributed by atoms with van der Waals surface area (Å²) in [6.07, 6.45) is 0. The molecule has 0 aliphatic carbocycles. The number of nitrogens with one attached hydrogen (secondary N) is 2. The van der Waals surface area contributed by atoms with Gasteiger partial charge in [-0.3, -0.25) is 0 Å². The van der Waals surface area contributed by atoms with E-state index in [1.165, 1.54) is 0 Å². The van der Waals surface area contributed by atoms with Gasteiger partial charge in [-0.05, 0) is 30.5 Å². The number of hydrogen-bond acceptors (Lipinski definition) is 3. The second kappa shape index (κ2) is 6.96. The molecule has 0 radical (unpaired) electrons. The number of urea groups is 1. The van der Waals surface area contributed by atoms with Crippen molar-refractivity contribution in [2.75, 3.05) is 6.61 Å². The van der Waals surface area contributed by atoms with Gasteiger partial charge in [0.05, 0.1) is 18.2 Å². The van der Waals surface area contributed by atoms with Crippen LogP contribution in [0.3, 0.4) is 0 Å². The lowest BCUT2D eigenvalue weighted by molar-refractivity contribution is -0.140. The van der Waals surface area contributed by atoms with Crippen LogP contribution in [0.25, 0.3) is 0 Å². The Morgan fingerprint density at radius 1 is 1.41 bits per heavy atom. The summed E-state index contributed by atoms with van der Waals surface area (Å²) < 4.78 is 6.21. The van der Waals surface area contributed by atoms with Gasteiger partial charge in [0.15, 0.2) is 0 Å². The molecular weight excluding hydrogens is 348 g/mol. The number of carbonyl (C=O) groups is 2. The lowest BCUT2D eigenvalue weighted by Crippen LogP contribution is -2.45. The molecule has 0 aromatic heterocycles. The smallest absolute Gasteiger partial charge is 0.338 e. The van der Waals surface area contributed by atoms with E-state index in [0.717, 1.165) is 10.0 Å². The van der Waals surface area contributed by atoms with E-state index in [2.05, 4.69) is 26.6 Å². The topological polar surface area (TPSA) is 67.4 Å². The van der Waals surface area contributed by atoms with Crippen LogP contribution in [0.2, 0.25) is 0 Å². The average molecular weight is 367 g/mol. The van der Waals surface area contributed by atoms with Gasteiger partial charge in [-0.2, -0.15) is 0 Å². The summed E-state index contributed by atoms with van der Waals surface area (Å²) in [7, 11) is 0. The van der Waals surface area contributed by atoms with Gasteiger partial charge in [0, 0.05) is 10.2 Å². The Labute approximate surface area is 138 Å². The highest BCUT2D eigenvalue weighted by molar-refractivity contribution is 9.10. The molecular formula is C16H19BrN2O3. The molecule has 2 rings (SSSR count). The molecule has 1 aromatic rings. The SMILES string of the molecule is CC1=C(C(=O)OCC(C)C)[C@H](c2cccc(Br)c2)NC(=O)N1. The van der Waals surface area contributed by atoms with Crippen molar-refractivity contribution in [1.29, 1.82) is 0 Å². The van der Waals surface area contributed by atoms with Crippen LogP contribution in [0.5, 0.6) is 0 Å². The van der Waals surface area contributed by atoms with Crippen molar-refractivity contribution in [3.05, 3.63) is 45.6 Å². The fourth-order valence-corrected chi connectivity index (χ4v) is 2.64. The van der Waals surface area contributed by atoms with Gasteiger partial charge < -0.3 is 15.4 Å². The van der Waals surface area contributed by atoms with E-state index in [0.29, 0.717) is 17.9 Å². The predicted molar refractivity (Wildman–Crippen MR) is 87.0 cm³/mol. The Balaban J connectivity index is 2.34. The van der Waals surface area contributed by atoms with Crippen molar-refractivity contribution in [1.82, 2.24) is 10.6 Å². The average Bonchev–Trinajstić information content (AvgIpc) is 2.44. The standard InChI is InChI=1S/C16H19BrN2O3/c1-9(2)8-22-15(20)13-10(3)18-16(21)19-14(13)11-5-4-6-12(17)7-11/h4-7,9,14H,8H2,1-3H3,(H2,18,19,21)/t14-/m0/s1. The quantitative estimate of drug-likeness (QED) is 0.803. The molecule has 1 aliphatic rings. The number of rotatable bonds is 4. The Morgan fingerprint density at radius 2 is 2.14 bits per heavy atom. The fourth-order valence-electron chi connectivity index (χ4n) is 2.22. The zero-order valence-electron chi connectivity index (χ0n) is 12.8. The summed E-state index contributed by atoms with van der Waals surface area (Å²) >= 11 is 3.41. The van der Waals surface area contributed by atoms with Crippen molar-refractivity contribution in [2.45, 2.75) is 26.8 Å². The highest BCUT2D eigenvalue weighted by Gasteiger charge is 2.32. The number of esters is 1. The Morgan fingerprint density at radius 3 is 2.77 bits per heavy atom. The highest BCUT2D eigenvalue weighted by atomic mass is 79.9. The van der Waals surface area contributed by atoms with Crippen molar-refractivity contribution in [3.63, 3.8) is 0 Å². The zero-order chi connectivity index (χ0) is 16.3. The summed E-state index contributed by atoms with van der Waals surface area (Å²) in [5, 5.41) is 5.41. The second-order valence-corrected chi connectivity index (χ2v) is 6.53. The maximum absolute atomic E-state index is 12.4. The van der Waals surface area contributed by atoms with E-state index >= 15 is 0 Å². The minimum absolute atomic E-state index is 0.250. The molecule has 22 heavy (non-hydrogen) atoms. The third kappa shape index (κ3) is 3.88. The largest absolute Gasteiger partial charge is 0.462 e. The first kappa shape index (κ1) is 16.5. The first-order valence-corrected chi connectivity index (χ1v) is 7.88. The first-order chi connectivity index (χ1) is 10.4. The van der Waals surface area contributed by atoms with Gasteiger partial charge in [-0.15, -0.1) is 0 Å².